The van der Waals surface area contributed by atoms with E-state index < -0.39 is 0 Å². The molecular weight excluding hydrogens is 422 g/mol. The Kier molecular flexibility index (Phi) is 6.83. The summed E-state index contributed by atoms with van der Waals surface area (Å²) in [6.45, 7) is 2.46. The fourth-order valence-corrected chi connectivity index (χ4v) is 4.32. The second-order valence-corrected chi connectivity index (χ2v) is 7.85. The highest BCUT2D eigenvalue weighted by Gasteiger charge is 2.30. The molecule has 1 unspecified atom stereocenters. The maximum absolute atomic E-state index is 5.28. The lowest BCUT2D eigenvalue weighted by molar-refractivity contribution is 0.195. The van der Waals surface area contributed by atoms with Crippen LogP contribution >= 0.6 is 12.4 Å². The number of methoxy groups -OCH3 is 1. The van der Waals surface area contributed by atoms with Crippen molar-refractivity contribution < 1.29 is 4.74 Å². The molecule has 7 heteroatoms. The number of nitrogens with zero attached hydrogens (tertiary/aromatic N) is 5. The van der Waals surface area contributed by atoms with Gasteiger partial charge in [-0.1, -0.05) is 66.7 Å². The van der Waals surface area contributed by atoms with Crippen LogP contribution in [-0.4, -0.2) is 38.8 Å². The largest absolute Gasteiger partial charge is 0.497 e. The first-order chi connectivity index (χ1) is 15.3. The summed E-state index contributed by atoms with van der Waals surface area (Å²) in [7, 11) is 1.68. The molecule has 0 saturated heterocycles. The Balaban J connectivity index is 0.00000245. The molecular formula is C25H26ClN5O. The van der Waals surface area contributed by atoms with Crippen molar-refractivity contribution in [2.75, 3.05) is 13.7 Å². The van der Waals surface area contributed by atoms with Crippen LogP contribution in [0.2, 0.25) is 0 Å². The van der Waals surface area contributed by atoms with Crippen molar-refractivity contribution in [1.82, 2.24) is 25.1 Å². The topological polar surface area (TPSA) is 56.1 Å². The molecule has 0 spiro atoms. The number of fused-ring (bicyclic) bond motifs is 1. The molecule has 1 aromatic heterocycles. The van der Waals surface area contributed by atoms with E-state index in [1.807, 2.05) is 22.9 Å². The molecule has 0 amide bonds. The molecule has 1 aliphatic rings. The Hall–Kier alpha value is -3.22. The van der Waals surface area contributed by atoms with Crippen molar-refractivity contribution in [3.63, 3.8) is 0 Å². The summed E-state index contributed by atoms with van der Waals surface area (Å²) in [5.41, 5.74) is 5.14. The Labute approximate surface area is 194 Å². The van der Waals surface area contributed by atoms with Crippen LogP contribution in [0.15, 0.2) is 78.9 Å². The average molecular weight is 448 g/mol. The molecule has 2 heterocycles. The minimum atomic E-state index is -0.0113. The van der Waals surface area contributed by atoms with Gasteiger partial charge < -0.3 is 4.74 Å². The van der Waals surface area contributed by atoms with Crippen LogP contribution < -0.4 is 4.74 Å². The van der Waals surface area contributed by atoms with E-state index in [1.165, 1.54) is 16.7 Å². The molecule has 0 saturated carbocycles. The number of halogens is 1. The van der Waals surface area contributed by atoms with E-state index in [2.05, 4.69) is 81.1 Å². The van der Waals surface area contributed by atoms with E-state index in [1.54, 1.807) is 7.11 Å². The van der Waals surface area contributed by atoms with Crippen LogP contribution in [0.3, 0.4) is 0 Å². The zero-order valence-electron chi connectivity index (χ0n) is 18.0. The zero-order chi connectivity index (χ0) is 21.0. The van der Waals surface area contributed by atoms with E-state index in [4.69, 9.17) is 4.74 Å². The van der Waals surface area contributed by atoms with E-state index in [-0.39, 0.29) is 18.4 Å². The summed E-state index contributed by atoms with van der Waals surface area (Å²) in [4.78, 5) is 2.48. The molecule has 1 aliphatic heterocycles. The predicted molar refractivity (Wildman–Crippen MR) is 126 cm³/mol. The maximum atomic E-state index is 5.28. The van der Waals surface area contributed by atoms with Gasteiger partial charge in [-0.3, -0.25) is 4.90 Å². The number of benzene rings is 3. The Morgan fingerprint density at radius 3 is 2.38 bits per heavy atom. The van der Waals surface area contributed by atoms with Gasteiger partial charge in [-0.2, -0.15) is 0 Å². The van der Waals surface area contributed by atoms with Crippen molar-refractivity contribution in [1.29, 1.82) is 0 Å². The summed E-state index contributed by atoms with van der Waals surface area (Å²) in [6, 6.07) is 27.3. The molecule has 5 rings (SSSR count). The number of hydrogen-bond acceptors (Lipinski definition) is 5. The van der Waals surface area contributed by atoms with E-state index in [0.29, 0.717) is 6.54 Å². The maximum Gasteiger partial charge on any atom is 0.173 e. The van der Waals surface area contributed by atoms with Crippen LogP contribution in [0.25, 0.3) is 0 Å². The first-order valence-electron chi connectivity index (χ1n) is 10.6. The third-order valence-electron chi connectivity index (χ3n) is 5.94. The molecule has 6 nitrogen and oxygen atoms in total. The number of aromatic nitrogens is 4. The van der Waals surface area contributed by atoms with Crippen LogP contribution in [0, 0.1) is 0 Å². The summed E-state index contributed by atoms with van der Waals surface area (Å²) in [5, 5.41) is 12.9. The van der Waals surface area contributed by atoms with E-state index in [0.717, 1.165) is 36.6 Å². The summed E-state index contributed by atoms with van der Waals surface area (Å²) < 4.78 is 7.20. The van der Waals surface area contributed by atoms with Crippen LogP contribution in [0.1, 0.15) is 34.1 Å². The van der Waals surface area contributed by atoms with Crippen LogP contribution in [0.4, 0.5) is 0 Å². The minimum Gasteiger partial charge on any atom is -0.497 e. The molecule has 0 N–H and O–H groups in total. The van der Waals surface area contributed by atoms with Crippen molar-refractivity contribution in [2.45, 2.75) is 25.6 Å². The lowest BCUT2D eigenvalue weighted by atomic mass is 9.96. The van der Waals surface area contributed by atoms with Gasteiger partial charge in [0.1, 0.15) is 5.75 Å². The third kappa shape index (κ3) is 4.52. The molecule has 0 fully saturated rings. The van der Waals surface area contributed by atoms with Crippen LogP contribution in [-0.2, 0) is 19.5 Å². The molecule has 32 heavy (non-hydrogen) atoms. The molecule has 164 valence electrons. The number of ether oxygens (including phenoxy) is 1. The summed E-state index contributed by atoms with van der Waals surface area (Å²) in [6.07, 6.45) is 1.03. The lowest BCUT2D eigenvalue weighted by Gasteiger charge is -2.35. The molecule has 1 atom stereocenters. The Bertz CT molecular complexity index is 1150. The average Bonchev–Trinajstić information content (AvgIpc) is 3.28. The summed E-state index contributed by atoms with van der Waals surface area (Å²) in [5.74, 6) is 1.70. The Morgan fingerprint density at radius 1 is 0.906 bits per heavy atom. The predicted octanol–water partition coefficient (Wildman–Crippen LogP) is 4.30. The van der Waals surface area contributed by atoms with Gasteiger partial charge in [0, 0.05) is 13.1 Å². The molecule has 4 aromatic rings. The fourth-order valence-electron chi connectivity index (χ4n) is 4.32. The quantitative estimate of drug-likeness (QED) is 0.441. The van der Waals surface area contributed by atoms with Gasteiger partial charge in [-0.25, -0.2) is 4.68 Å². The standard InChI is InChI=1S/C25H25N5O.ClH/c1-31-23-13-11-19(12-14-23)17-30-25(26-27-28-30)24(21-8-3-2-4-9-21)29-16-15-20-7-5-6-10-22(20)18-29;/h2-14,24H,15-18H2,1H3;1H. The monoisotopic (exact) mass is 447 g/mol. The third-order valence-corrected chi connectivity index (χ3v) is 5.94. The molecule has 0 aliphatic carbocycles. The zero-order valence-corrected chi connectivity index (χ0v) is 18.8. The van der Waals surface area contributed by atoms with Gasteiger partial charge in [0.2, 0.25) is 0 Å². The van der Waals surface area contributed by atoms with Crippen molar-refractivity contribution >= 4 is 12.4 Å². The second-order valence-electron chi connectivity index (χ2n) is 7.85. The summed E-state index contributed by atoms with van der Waals surface area (Å²) >= 11 is 0. The van der Waals surface area contributed by atoms with Crippen molar-refractivity contribution in [3.05, 3.63) is 107 Å². The number of hydrogen-bond donors (Lipinski definition) is 0. The smallest absolute Gasteiger partial charge is 0.173 e. The van der Waals surface area contributed by atoms with Gasteiger partial charge in [-0.15, -0.1) is 17.5 Å². The highest BCUT2D eigenvalue weighted by atomic mass is 35.5. The van der Waals surface area contributed by atoms with Gasteiger partial charge in [0.05, 0.1) is 19.7 Å². The highest BCUT2D eigenvalue weighted by Crippen LogP contribution is 2.32. The number of rotatable bonds is 6. The fraction of sp³-hybridized carbons (Fsp3) is 0.240. The SMILES string of the molecule is COc1ccc(Cn2nnnc2C(c2ccccc2)N2CCc3ccccc3C2)cc1.Cl. The first kappa shape index (κ1) is 22.0. The molecule has 0 radical (unpaired) electrons. The number of tetrazole rings is 1. The van der Waals surface area contributed by atoms with Gasteiger partial charge in [0.25, 0.3) is 0 Å². The lowest BCUT2D eigenvalue weighted by Crippen LogP contribution is -2.36. The second kappa shape index (κ2) is 9.94. The van der Waals surface area contributed by atoms with E-state index >= 15 is 0 Å². The van der Waals surface area contributed by atoms with E-state index in [9.17, 15) is 0 Å². The van der Waals surface area contributed by atoms with Gasteiger partial charge >= 0.3 is 0 Å². The normalized spacial score (nSPS) is 14.3. The molecule has 3 aromatic carbocycles. The van der Waals surface area contributed by atoms with Crippen molar-refractivity contribution in [3.8, 4) is 5.75 Å². The first-order valence-corrected chi connectivity index (χ1v) is 10.6. The Morgan fingerprint density at radius 2 is 1.62 bits per heavy atom. The highest BCUT2D eigenvalue weighted by molar-refractivity contribution is 5.85. The van der Waals surface area contributed by atoms with Gasteiger partial charge in [-0.05, 0) is 51.2 Å². The minimum absolute atomic E-state index is 0. The van der Waals surface area contributed by atoms with Crippen LogP contribution in [0.5, 0.6) is 5.75 Å². The van der Waals surface area contributed by atoms with Gasteiger partial charge in [0.15, 0.2) is 5.82 Å². The van der Waals surface area contributed by atoms with Crippen molar-refractivity contribution in [2.24, 2.45) is 0 Å². The molecule has 0 bridgehead atoms.